The molecule has 1 amide bonds. The molecule has 2 N–H and O–H groups in total. The second kappa shape index (κ2) is 11.9. The number of nitrogens with one attached hydrogen (secondary N) is 2. The normalized spacial score (nSPS) is 11.5. The lowest BCUT2D eigenvalue weighted by Gasteiger charge is -2.18. The summed E-state index contributed by atoms with van der Waals surface area (Å²) in [5, 5.41) is 6.01. The maximum atomic E-state index is 12.3. The van der Waals surface area contributed by atoms with Crippen molar-refractivity contribution < 1.29 is 18.0 Å². The van der Waals surface area contributed by atoms with Crippen LogP contribution in [0.2, 0.25) is 0 Å². The van der Waals surface area contributed by atoms with Crippen LogP contribution in [0.5, 0.6) is 0 Å². The standard InChI is InChI=1S/C16H23F3N4O.HI/c1-3-20-15(21-10-9-13-7-5-4-6-8-13)22-11-14(24)23(2)12-16(17,18)19;/h4-8H,3,9-12H2,1-2H3,(H2,20,21,22);1H. The number of halogens is 4. The average molecular weight is 472 g/mol. The first-order chi connectivity index (χ1) is 11.3. The Kier molecular flexibility index (Phi) is 11.2. The highest BCUT2D eigenvalue weighted by atomic mass is 127. The molecule has 0 aliphatic carbocycles. The summed E-state index contributed by atoms with van der Waals surface area (Å²) in [6.07, 6.45) is -3.64. The Morgan fingerprint density at radius 2 is 1.84 bits per heavy atom. The molecular formula is C16H24F3IN4O. The van der Waals surface area contributed by atoms with E-state index in [9.17, 15) is 18.0 Å². The number of carbonyl (C=O) groups excluding carboxylic acids is 1. The number of carbonyl (C=O) groups is 1. The van der Waals surface area contributed by atoms with Crippen LogP contribution < -0.4 is 10.6 Å². The monoisotopic (exact) mass is 472 g/mol. The van der Waals surface area contributed by atoms with E-state index in [2.05, 4.69) is 15.6 Å². The van der Waals surface area contributed by atoms with Gasteiger partial charge < -0.3 is 15.5 Å². The van der Waals surface area contributed by atoms with Crippen LogP contribution >= 0.6 is 24.0 Å². The first-order valence-corrected chi connectivity index (χ1v) is 7.68. The number of benzene rings is 1. The van der Waals surface area contributed by atoms with Crippen molar-refractivity contribution in [3.63, 3.8) is 0 Å². The van der Waals surface area contributed by atoms with Crippen LogP contribution in [0, 0.1) is 0 Å². The number of aliphatic imine (C=N–C) groups is 1. The molecule has 5 nitrogen and oxygen atoms in total. The van der Waals surface area contributed by atoms with Crippen molar-refractivity contribution in [1.29, 1.82) is 0 Å². The summed E-state index contributed by atoms with van der Waals surface area (Å²) in [6.45, 7) is 1.44. The van der Waals surface area contributed by atoms with Gasteiger partial charge in [0, 0.05) is 20.1 Å². The Balaban J connectivity index is 0.00000576. The summed E-state index contributed by atoms with van der Waals surface area (Å²) < 4.78 is 36.8. The van der Waals surface area contributed by atoms with Gasteiger partial charge in [-0.3, -0.25) is 4.79 Å². The van der Waals surface area contributed by atoms with E-state index in [1.165, 1.54) is 0 Å². The van der Waals surface area contributed by atoms with Gasteiger partial charge in [-0.15, -0.1) is 24.0 Å². The quantitative estimate of drug-likeness (QED) is 0.364. The minimum absolute atomic E-state index is 0. The van der Waals surface area contributed by atoms with Gasteiger partial charge in [0.1, 0.15) is 13.1 Å². The van der Waals surface area contributed by atoms with Gasteiger partial charge in [0.2, 0.25) is 5.91 Å². The molecular weight excluding hydrogens is 448 g/mol. The summed E-state index contributed by atoms with van der Waals surface area (Å²) in [5.41, 5.74) is 1.15. The summed E-state index contributed by atoms with van der Waals surface area (Å²) in [4.78, 5) is 16.3. The Morgan fingerprint density at radius 1 is 1.20 bits per heavy atom. The maximum Gasteiger partial charge on any atom is 0.406 e. The van der Waals surface area contributed by atoms with Crippen LogP contribution in [-0.2, 0) is 11.2 Å². The van der Waals surface area contributed by atoms with E-state index in [0.29, 0.717) is 23.9 Å². The van der Waals surface area contributed by atoms with Gasteiger partial charge in [-0.1, -0.05) is 30.3 Å². The van der Waals surface area contributed by atoms with E-state index >= 15 is 0 Å². The minimum Gasteiger partial charge on any atom is -0.357 e. The van der Waals surface area contributed by atoms with E-state index in [-0.39, 0.29) is 30.5 Å². The molecule has 0 saturated carbocycles. The number of rotatable bonds is 7. The van der Waals surface area contributed by atoms with Crippen LogP contribution in [0.1, 0.15) is 12.5 Å². The third-order valence-electron chi connectivity index (χ3n) is 3.11. The molecule has 9 heteroatoms. The van der Waals surface area contributed by atoms with Gasteiger partial charge in [0.25, 0.3) is 0 Å². The van der Waals surface area contributed by atoms with Crippen molar-refractivity contribution >= 4 is 35.8 Å². The summed E-state index contributed by atoms with van der Waals surface area (Å²) in [7, 11) is 1.11. The van der Waals surface area contributed by atoms with Gasteiger partial charge in [0.15, 0.2) is 5.96 Å². The van der Waals surface area contributed by atoms with Crippen molar-refractivity contribution in [2.45, 2.75) is 19.5 Å². The lowest BCUT2D eigenvalue weighted by atomic mass is 10.1. The Morgan fingerprint density at radius 3 is 2.40 bits per heavy atom. The number of alkyl halides is 3. The lowest BCUT2D eigenvalue weighted by molar-refractivity contribution is -0.157. The van der Waals surface area contributed by atoms with Gasteiger partial charge in [-0.25, -0.2) is 4.99 Å². The highest BCUT2D eigenvalue weighted by Gasteiger charge is 2.30. The van der Waals surface area contributed by atoms with Crippen molar-refractivity contribution in [2.24, 2.45) is 4.99 Å². The second-order valence-electron chi connectivity index (χ2n) is 5.22. The average Bonchev–Trinajstić information content (AvgIpc) is 2.51. The molecule has 0 saturated heterocycles. The molecule has 142 valence electrons. The molecule has 0 unspecified atom stereocenters. The number of likely N-dealkylation sites (N-methyl/N-ethyl adjacent to an activating group) is 1. The fourth-order valence-corrected chi connectivity index (χ4v) is 1.94. The zero-order chi connectivity index (χ0) is 18.0. The Bertz CT molecular complexity index is 538. The lowest BCUT2D eigenvalue weighted by Crippen LogP contribution is -2.40. The van der Waals surface area contributed by atoms with Crippen molar-refractivity contribution in [3.8, 4) is 0 Å². The molecule has 1 aromatic rings. The van der Waals surface area contributed by atoms with Crippen LogP contribution in [0.25, 0.3) is 0 Å². The van der Waals surface area contributed by atoms with Crippen LogP contribution in [0.4, 0.5) is 13.2 Å². The Hall–Kier alpha value is -1.52. The van der Waals surface area contributed by atoms with E-state index in [1.54, 1.807) is 0 Å². The van der Waals surface area contributed by atoms with Crippen molar-refractivity contribution in [2.75, 3.05) is 33.2 Å². The summed E-state index contributed by atoms with van der Waals surface area (Å²) in [6, 6.07) is 9.84. The molecule has 1 rings (SSSR count). The summed E-state index contributed by atoms with van der Waals surface area (Å²) in [5.74, 6) is -0.283. The minimum atomic E-state index is -4.41. The number of guanidine groups is 1. The van der Waals surface area contributed by atoms with Gasteiger partial charge >= 0.3 is 6.18 Å². The largest absolute Gasteiger partial charge is 0.406 e. The van der Waals surface area contributed by atoms with Gasteiger partial charge in [0.05, 0.1) is 0 Å². The molecule has 0 spiro atoms. The fraction of sp³-hybridized carbons (Fsp3) is 0.500. The second-order valence-corrected chi connectivity index (χ2v) is 5.22. The number of hydrogen-bond acceptors (Lipinski definition) is 2. The number of nitrogens with zero attached hydrogens (tertiary/aromatic N) is 2. The Labute approximate surface area is 163 Å². The highest BCUT2D eigenvalue weighted by molar-refractivity contribution is 14.0. The predicted octanol–water partition coefficient (Wildman–Crippen LogP) is 2.42. The molecule has 0 heterocycles. The predicted molar refractivity (Wildman–Crippen MR) is 103 cm³/mol. The molecule has 0 bridgehead atoms. The molecule has 0 aliphatic rings. The third-order valence-corrected chi connectivity index (χ3v) is 3.11. The first kappa shape index (κ1) is 23.5. The third kappa shape index (κ3) is 10.8. The fourth-order valence-electron chi connectivity index (χ4n) is 1.94. The van der Waals surface area contributed by atoms with E-state index in [4.69, 9.17) is 0 Å². The van der Waals surface area contributed by atoms with E-state index < -0.39 is 18.6 Å². The maximum absolute atomic E-state index is 12.3. The number of amides is 1. The molecule has 1 aromatic carbocycles. The zero-order valence-electron chi connectivity index (χ0n) is 14.3. The molecule has 0 radical (unpaired) electrons. The molecule has 0 atom stereocenters. The smallest absolute Gasteiger partial charge is 0.357 e. The molecule has 0 aliphatic heterocycles. The van der Waals surface area contributed by atoms with E-state index in [0.717, 1.165) is 19.0 Å². The van der Waals surface area contributed by atoms with Crippen molar-refractivity contribution in [1.82, 2.24) is 15.5 Å². The van der Waals surface area contributed by atoms with E-state index in [1.807, 2.05) is 37.3 Å². The summed E-state index contributed by atoms with van der Waals surface area (Å²) >= 11 is 0. The SMILES string of the molecule is CCNC(=NCC(=O)N(C)CC(F)(F)F)NCCc1ccccc1.I. The van der Waals surface area contributed by atoms with Gasteiger partial charge in [-0.2, -0.15) is 13.2 Å². The zero-order valence-corrected chi connectivity index (χ0v) is 16.6. The molecule has 0 aromatic heterocycles. The van der Waals surface area contributed by atoms with Crippen LogP contribution in [0.15, 0.2) is 35.3 Å². The highest BCUT2D eigenvalue weighted by Crippen LogP contribution is 2.15. The van der Waals surface area contributed by atoms with Gasteiger partial charge in [-0.05, 0) is 18.9 Å². The number of hydrogen-bond donors (Lipinski definition) is 2. The van der Waals surface area contributed by atoms with Crippen molar-refractivity contribution in [3.05, 3.63) is 35.9 Å². The molecule has 0 fully saturated rings. The van der Waals surface area contributed by atoms with Crippen LogP contribution in [-0.4, -0.2) is 56.2 Å². The topological polar surface area (TPSA) is 56.7 Å². The molecule has 25 heavy (non-hydrogen) atoms. The first-order valence-electron chi connectivity index (χ1n) is 7.68. The van der Waals surface area contributed by atoms with Crippen LogP contribution in [0.3, 0.4) is 0 Å².